The topological polar surface area (TPSA) is 30.5 Å². The highest BCUT2D eigenvalue weighted by Crippen LogP contribution is 2.39. The molecule has 0 saturated heterocycles. The van der Waals surface area contributed by atoms with Gasteiger partial charge in [0.05, 0.1) is 0 Å². The normalized spacial score (nSPS) is 22.4. The van der Waals surface area contributed by atoms with Gasteiger partial charge >= 0.3 is 0 Å². The summed E-state index contributed by atoms with van der Waals surface area (Å²) in [7, 11) is 1.75. The van der Waals surface area contributed by atoms with Crippen molar-refractivity contribution in [3.05, 3.63) is 29.8 Å². The zero-order chi connectivity index (χ0) is 13.9. The summed E-state index contributed by atoms with van der Waals surface area (Å²) in [6, 6.07) is 9.12. The molecular formula is C16H25NO2. The smallest absolute Gasteiger partial charge is 0.124 e. The van der Waals surface area contributed by atoms with Crippen LogP contribution in [0.4, 0.5) is 0 Å². The third-order valence-electron chi connectivity index (χ3n) is 3.62. The van der Waals surface area contributed by atoms with Crippen LogP contribution in [0.5, 0.6) is 5.75 Å². The van der Waals surface area contributed by atoms with Gasteiger partial charge in [-0.3, -0.25) is 0 Å². The van der Waals surface area contributed by atoms with E-state index in [1.165, 1.54) is 5.56 Å². The van der Waals surface area contributed by atoms with Crippen LogP contribution < -0.4 is 10.1 Å². The lowest BCUT2D eigenvalue weighted by atomic mass is 9.89. The van der Waals surface area contributed by atoms with Gasteiger partial charge in [0.2, 0.25) is 0 Å². The molecule has 0 spiro atoms. The minimum atomic E-state index is -0.118. The van der Waals surface area contributed by atoms with Crippen LogP contribution >= 0.6 is 0 Å². The van der Waals surface area contributed by atoms with E-state index in [0.717, 1.165) is 25.2 Å². The van der Waals surface area contributed by atoms with Gasteiger partial charge in [-0.1, -0.05) is 18.2 Å². The monoisotopic (exact) mass is 263 g/mol. The van der Waals surface area contributed by atoms with Gasteiger partial charge < -0.3 is 14.8 Å². The zero-order valence-electron chi connectivity index (χ0n) is 12.4. The molecule has 106 valence electrons. The number of methoxy groups -OCH3 is 1. The average molecular weight is 263 g/mol. The number of nitrogens with one attached hydrogen (secondary N) is 1. The molecule has 1 aromatic carbocycles. The summed E-state index contributed by atoms with van der Waals surface area (Å²) < 4.78 is 11.2. The first-order valence-electron chi connectivity index (χ1n) is 7.05. The number of hydrogen-bond donors (Lipinski definition) is 1. The molecule has 1 heterocycles. The fourth-order valence-electron chi connectivity index (χ4n) is 2.67. The number of hydrogen-bond acceptors (Lipinski definition) is 3. The second-order valence-electron chi connectivity index (χ2n) is 6.01. The molecule has 0 fully saturated rings. The van der Waals surface area contributed by atoms with Crippen LogP contribution in [0, 0.1) is 0 Å². The number of benzene rings is 1. The number of fused-ring (bicyclic) bond motifs is 1. The Bertz CT molecular complexity index is 417. The first-order chi connectivity index (χ1) is 9.02. The third-order valence-corrected chi connectivity index (χ3v) is 3.62. The molecule has 2 rings (SSSR count). The Morgan fingerprint density at radius 3 is 2.89 bits per heavy atom. The van der Waals surface area contributed by atoms with Crippen LogP contribution in [0.25, 0.3) is 0 Å². The van der Waals surface area contributed by atoms with Crippen molar-refractivity contribution in [2.75, 3.05) is 13.7 Å². The van der Waals surface area contributed by atoms with Crippen LogP contribution in [0.3, 0.4) is 0 Å². The molecule has 2 atom stereocenters. The number of rotatable bonds is 5. The highest BCUT2D eigenvalue weighted by atomic mass is 16.5. The molecule has 19 heavy (non-hydrogen) atoms. The standard InChI is InChI=1S/C16H25NO2/c1-12(9-10-18-4)17-14-11-16(2,3)19-15-8-6-5-7-13(14)15/h5-8,12,14,17H,9-11H2,1-4H3. The fraction of sp³-hybridized carbons (Fsp3) is 0.625. The van der Waals surface area contributed by atoms with Crippen molar-refractivity contribution in [1.82, 2.24) is 5.32 Å². The largest absolute Gasteiger partial charge is 0.487 e. The van der Waals surface area contributed by atoms with E-state index in [1.807, 2.05) is 6.07 Å². The molecule has 0 bridgehead atoms. The molecule has 0 saturated carbocycles. The van der Waals surface area contributed by atoms with Crippen molar-refractivity contribution < 1.29 is 9.47 Å². The van der Waals surface area contributed by atoms with Gasteiger partial charge in [-0.15, -0.1) is 0 Å². The molecule has 0 aliphatic carbocycles. The van der Waals surface area contributed by atoms with Crippen molar-refractivity contribution in [2.45, 2.75) is 51.3 Å². The summed E-state index contributed by atoms with van der Waals surface area (Å²) >= 11 is 0. The molecule has 2 unspecified atom stereocenters. The van der Waals surface area contributed by atoms with E-state index >= 15 is 0 Å². The predicted molar refractivity (Wildman–Crippen MR) is 77.6 cm³/mol. The summed E-state index contributed by atoms with van der Waals surface area (Å²) in [6.07, 6.45) is 2.01. The fourth-order valence-corrected chi connectivity index (χ4v) is 2.67. The molecule has 3 heteroatoms. The Hall–Kier alpha value is -1.06. The minimum Gasteiger partial charge on any atom is -0.487 e. The lowest BCUT2D eigenvalue weighted by molar-refractivity contribution is 0.0629. The molecular weight excluding hydrogens is 238 g/mol. The molecule has 3 nitrogen and oxygen atoms in total. The van der Waals surface area contributed by atoms with Crippen molar-refractivity contribution in [3.63, 3.8) is 0 Å². The lowest BCUT2D eigenvalue weighted by Gasteiger charge is -2.39. The summed E-state index contributed by atoms with van der Waals surface area (Å²) in [5.41, 5.74) is 1.15. The molecule has 1 aromatic rings. The quantitative estimate of drug-likeness (QED) is 0.884. The second-order valence-corrected chi connectivity index (χ2v) is 6.01. The van der Waals surface area contributed by atoms with Gasteiger partial charge in [-0.2, -0.15) is 0 Å². The Labute approximate surface area is 116 Å². The first kappa shape index (κ1) is 14.4. The summed E-state index contributed by atoms with van der Waals surface area (Å²) in [6.45, 7) is 7.31. The molecule has 1 aliphatic rings. The number of para-hydroxylation sites is 1. The molecule has 0 aromatic heterocycles. The maximum atomic E-state index is 6.05. The van der Waals surface area contributed by atoms with Gasteiger partial charge in [0.1, 0.15) is 11.4 Å². The van der Waals surface area contributed by atoms with E-state index in [4.69, 9.17) is 9.47 Å². The van der Waals surface area contributed by atoms with Crippen LogP contribution in [0.2, 0.25) is 0 Å². The molecule has 0 radical (unpaired) electrons. The summed E-state index contributed by atoms with van der Waals surface area (Å²) in [4.78, 5) is 0. The maximum absolute atomic E-state index is 6.05. The summed E-state index contributed by atoms with van der Waals surface area (Å²) in [5.74, 6) is 1.01. The van der Waals surface area contributed by atoms with Crippen LogP contribution in [0.15, 0.2) is 24.3 Å². The Kier molecular flexibility index (Phi) is 4.48. The van der Waals surface area contributed by atoms with Crippen LogP contribution in [-0.2, 0) is 4.74 Å². The van der Waals surface area contributed by atoms with Crippen molar-refractivity contribution in [1.29, 1.82) is 0 Å². The van der Waals surface area contributed by atoms with E-state index < -0.39 is 0 Å². The first-order valence-corrected chi connectivity index (χ1v) is 7.05. The van der Waals surface area contributed by atoms with E-state index in [0.29, 0.717) is 12.1 Å². The Morgan fingerprint density at radius 1 is 1.42 bits per heavy atom. The minimum absolute atomic E-state index is 0.118. The summed E-state index contributed by atoms with van der Waals surface area (Å²) in [5, 5.41) is 3.71. The van der Waals surface area contributed by atoms with Crippen molar-refractivity contribution in [3.8, 4) is 5.75 Å². The van der Waals surface area contributed by atoms with E-state index in [9.17, 15) is 0 Å². The Balaban J connectivity index is 2.11. The lowest BCUT2D eigenvalue weighted by Crippen LogP contribution is -2.42. The average Bonchev–Trinajstić information content (AvgIpc) is 2.35. The van der Waals surface area contributed by atoms with Crippen LogP contribution in [0.1, 0.15) is 45.2 Å². The highest BCUT2D eigenvalue weighted by molar-refractivity contribution is 5.38. The van der Waals surface area contributed by atoms with Crippen molar-refractivity contribution >= 4 is 0 Å². The second kappa shape index (κ2) is 5.93. The van der Waals surface area contributed by atoms with Crippen molar-refractivity contribution in [2.24, 2.45) is 0 Å². The van der Waals surface area contributed by atoms with Crippen LogP contribution in [-0.4, -0.2) is 25.4 Å². The Morgan fingerprint density at radius 2 is 2.16 bits per heavy atom. The van der Waals surface area contributed by atoms with Gasteiger partial charge in [0.25, 0.3) is 0 Å². The third kappa shape index (κ3) is 3.71. The highest BCUT2D eigenvalue weighted by Gasteiger charge is 2.33. The molecule has 1 N–H and O–H groups in total. The van der Waals surface area contributed by atoms with Gasteiger partial charge in [-0.05, 0) is 33.3 Å². The molecule has 1 aliphatic heterocycles. The van der Waals surface area contributed by atoms with Gasteiger partial charge in [0, 0.05) is 37.8 Å². The van der Waals surface area contributed by atoms with E-state index in [1.54, 1.807) is 7.11 Å². The maximum Gasteiger partial charge on any atom is 0.124 e. The number of ether oxygens (including phenoxy) is 2. The van der Waals surface area contributed by atoms with E-state index in [2.05, 4.69) is 44.3 Å². The predicted octanol–water partition coefficient (Wildman–Crippen LogP) is 3.30. The van der Waals surface area contributed by atoms with Gasteiger partial charge in [0.15, 0.2) is 0 Å². The zero-order valence-corrected chi connectivity index (χ0v) is 12.4. The SMILES string of the molecule is COCCC(C)NC1CC(C)(C)Oc2ccccc21. The van der Waals surface area contributed by atoms with E-state index in [-0.39, 0.29) is 5.60 Å². The van der Waals surface area contributed by atoms with Gasteiger partial charge in [-0.25, -0.2) is 0 Å². The molecule has 0 amide bonds.